The van der Waals surface area contributed by atoms with E-state index in [1.807, 2.05) is 20.8 Å². The van der Waals surface area contributed by atoms with E-state index in [0.29, 0.717) is 22.9 Å². The molecule has 0 aliphatic heterocycles. The molecule has 0 saturated heterocycles. The van der Waals surface area contributed by atoms with Crippen LogP contribution in [0.1, 0.15) is 47.6 Å². The van der Waals surface area contributed by atoms with Gasteiger partial charge in [-0.05, 0) is 43.9 Å². The van der Waals surface area contributed by atoms with Crippen LogP contribution in [0.4, 0.5) is 16.2 Å². The number of rotatable bonds is 7. The fraction of sp³-hybridized carbons (Fsp3) is 0.421. The number of hydrogen-bond acceptors (Lipinski definition) is 5. The molecule has 2 rings (SSSR count). The minimum Gasteiger partial charge on any atom is -0.449 e. The molecule has 0 atom stereocenters. The highest BCUT2D eigenvalue weighted by molar-refractivity contribution is 7.13. The number of carbonyl (C=O) groups excluding carboxylic acids is 2. The summed E-state index contributed by atoms with van der Waals surface area (Å²) in [5.74, 6) is 0.0773. The van der Waals surface area contributed by atoms with Gasteiger partial charge in [-0.2, -0.15) is 0 Å². The van der Waals surface area contributed by atoms with E-state index in [0.717, 1.165) is 23.5 Å². The van der Waals surface area contributed by atoms with Crippen LogP contribution in [-0.2, 0) is 11.2 Å². The predicted octanol–water partition coefficient (Wildman–Crippen LogP) is 4.86. The number of aromatic nitrogens is 1. The largest absolute Gasteiger partial charge is 0.449 e. The van der Waals surface area contributed by atoms with Crippen LogP contribution in [-0.4, -0.2) is 23.6 Å². The number of anilines is 2. The predicted molar refractivity (Wildman–Crippen MR) is 105 cm³/mol. The van der Waals surface area contributed by atoms with E-state index in [1.165, 1.54) is 11.3 Å². The van der Waals surface area contributed by atoms with Crippen molar-refractivity contribution in [2.75, 3.05) is 17.2 Å². The van der Waals surface area contributed by atoms with Gasteiger partial charge in [-0.1, -0.05) is 26.8 Å². The topological polar surface area (TPSA) is 80.3 Å². The third-order valence-corrected chi connectivity index (χ3v) is 4.64. The molecule has 1 aromatic heterocycles. The Labute approximate surface area is 158 Å². The summed E-state index contributed by atoms with van der Waals surface area (Å²) in [6.45, 7) is 8.22. The lowest BCUT2D eigenvalue weighted by atomic mass is 10.2. The Balaban J connectivity index is 2.01. The van der Waals surface area contributed by atoms with Crippen molar-refractivity contribution >= 4 is 34.7 Å². The third-order valence-electron chi connectivity index (χ3n) is 3.43. The van der Waals surface area contributed by atoms with E-state index in [2.05, 4.69) is 22.5 Å². The second kappa shape index (κ2) is 9.33. The molecule has 140 valence electrons. The second-order valence-corrected chi connectivity index (χ2v) is 7.51. The minimum atomic E-state index is -0.510. The van der Waals surface area contributed by atoms with Gasteiger partial charge in [0.2, 0.25) is 0 Å². The molecule has 6 nitrogen and oxygen atoms in total. The van der Waals surface area contributed by atoms with E-state index in [9.17, 15) is 9.59 Å². The molecule has 0 fully saturated rings. The molecule has 2 N–H and O–H groups in total. The number of nitrogens with one attached hydrogen (secondary N) is 2. The van der Waals surface area contributed by atoms with Crippen molar-refractivity contribution in [2.24, 2.45) is 5.92 Å². The average Bonchev–Trinajstić information content (AvgIpc) is 2.94. The van der Waals surface area contributed by atoms with Crippen molar-refractivity contribution in [1.29, 1.82) is 0 Å². The van der Waals surface area contributed by atoms with E-state index in [4.69, 9.17) is 4.74 Å². The molecule has 0 bridgehead atoms. The van der Waals surface area contributed by atoms with Crippen LogP contribution in [0.15, 0.2) is 24.3 Å². The molecule has 0 saturated carbocycles. The highest BCUT2D eigenvalue weighted by atomic mass is 32.1. The van der Waals surface area contributed by atoms with Crippen molar-refractivity contribution in [1.82, 2.24) is 4.98 Å². The number of hydrogen-bond donors (Lipinski definition) is 2. The summed E-state index contributed by atoms with van der Waals surface area (Å²) in [7, 11) is 0. The molecule has 0 aliphatic rings. The third kappa shape index (κ3) is 5.84. The van der Waals surface area contributed by atoms with Gasteiger partial charge in [0, 0.05) is 11.4 Å². The Morgan fingerprint density at radius 1 is 1.23 bits per heavy atom. The van der Waals surface area contributed by atoms with Gasteiger partial charge in [0.15, 0.2) is 0 Å². The summed E-state index contributed by atoms with van der Waals surface area (Å²) in [4.78, 5) is 29.3. The van der Waals surface area contributed by atoms with Crippen LogP contribution in [0.3, 0.4) is 0 Å². The van der Waals surface area contributed by atoms with Crippen molar-refractivity contribution in [3.8, 4) is 0 Å². The summed E-state index contributed by atoms with van der Waals surface area (Å²) in [5, 5.41) is 6.49. The first-order valence-corrected chi connectivity index (χ1v) is 9.52. The Hall–Kier alpha value is -2.41. The molecule has 1 aromatic carbocycles. The maximum absolute atomic E-state index is 12.5. The minimum absolute atomic E-state index is 0.193. The number of carbonyl (C=O) groups is 2. The van der Waals surface area contributed by atoms with E-state index >= 15 is 0 Å². The van der Waals surface area contributed by atoms with Crippen LogP contribution in [0.5, 0.6) is 0 Å². The molecule has 0 spiro atoms. The van der Waals surface area contributed by atoms with Crippen molar-refractivity contribution in [3.63, 3.8) is 0 Å². The van der Waals surface area contributed by atoms with Crippen LogP contribution < -0.4 is 10.6 Å². The lowest BCUT2D eigenvalue weighted by Gasteiger charge is -2.10. The van der Waals surface area contributed by atoms with Crippen LogP contribution in [0.25, 0.3) is 0 Å². The van der Waals surface area contributed by atoms with Crippen LogP contribution in [0, 0.1) is 12.8 Å². The van der Waals surface area contributed by atoms with Gasteiger partial charge >= 0.3 is 6.09 Å². The monoisotopic (exact) mass is 375 g/mol. The fourth-order valence-corrected chi connectivity index (χ4v) is 3.30. The Morgan fingerprint density at radius 3 is 2.58 bits per heavy atom. The molecule has 7 heteroatoms. The molecular formula is C19H25N3O3S. The normalized spacial score (nSPS) is 10.7. The van der Waals surface area contributed by atoms with Gasteiger partial charge in [0.05, 0.1) is 17.3 Å². The summed E-state index contributed by atoms with van der Waals surface area (Å²) < 4.78 is 5.10. The number of thiazole rings is 1. The molecule has 0 radical (unpaired) electrons. The van der Waals surface area contributed by atoms with Gasteiger partial charge in [-0.15, -0.1) is 11.3 Å². The van der Waals surface area contributed by atoms with Gasteiger partial charge in [-0.3, -0.25) is 10.1 Å². The zero-order valence-electron chi connectivity index (χ0n) is 15.6. The highest BCUT2D eigenvalue weighted by Crippen LogP contribution is 2.22. The molecule has 26 heavy (non-hydrogen) atoms. The molecule has 2 aromatic rings. The van der Waals surface area contributed by atoms with Gasteiger partial charge in [0.25, 0.3) is 5.91 Å². The maximum Gasteiger partial charge on any atom is 0.411 e. The summed E-state index contributed by atoms with van der Waals surface area (Å²) >= 11 is 1.42. The summed E-state index contributed by atoms with van der Waals surface area (Å²) in [5.41, 5.74) is 1.90. The number of benzene rings is 1. The summed E-state index contributed by atoms with van der Waals surface area (Å²) in [6, 6.07) is 6.96. The quantitative estimate of drug-likeness (QED) is 0.724. The first kappa shape index (κ1) is 19.9. The number of aryl methyl sites for hydroxylation is 2. The SMILES string of the molecule is CCCc1nc(C)c(C(=O)Nc2cccc(NC(=O)OCC(C)C)c2)s1. The van der Waals surface area contributed by atoms with Crippen molar-refractivity contribution < 1.29 is 14.3 Å². The van der Waals surface area contributed by atoms with Crippen molar-refractivity contribution in [3.05, 3.63) is 39.8 Å². The molecule has 1 heterocycles. The Kier molecular flexibility index (Phi) is 7.15. The first-order valence-electron chi connectivity index (χ1n) is 8.70. The lowest BCUT2D eigenvalue weighted by Crippen LogP contribution is -2.17. The smallest absolute Gasteiger partial charge is 0.411 e. The fourth-order valence-electron chi connectivity index (χ4n) is 2.24. The Bertz CT molecular complexity index is 771. The summed E-state index contributed by atoms with van der Waals surface area (Å²) in [6.07, 6.45) is 1.36. The molecule has 0 unspecified atom stereocenters. The van der Waals surface area contributed by atoms with Gasteiger partial charge in [0.1, 0.15) is 4.88 Å². The first-order chi connectivity index (χ1) is 12.4. The second-order valence-electron chi connectivity index (χ2n) is 6.42. The van der Waals surface area contributed by atoms with E-state index in [-0.39, 0.29) is 11.8 Å². The molecule has 2 amide bonds. The zero-order chi connectivity index (χ0) is 19.1. The lowest BCUT2D eigenvalue weighted by molar-refractivity contribution is 0.102. The zero-order valence-corrected chi connectivity index (χ0v) is 16.4. The van der Waals surface area contributed by atoms with Crippen LogP contribution >= 0.6 is 11.3 Å². The average molecular weight is 375 g/mol. The number of ether oxygens (including phenoxy) is 1. The molecule has 0 aliphatic carbocycles. The van der Waals surface area contributed by atoms with E-state index < -0.39 is 6.09 Å². The van der Waals surface area contributed by atoms with Crippen molar-refractivity contribution in [2.45, 2.75) is 40.5 Å². The van der Waals surface area contributed by atoms with E-state index in [1.54, 1.807) is 24.3 Å². The standard InChI is InChI=1S/C19H25N3O3S/c1-5-7-16-20-13(4)17(26-16)18(23)21-14-8-6-9-15(10-14)22-19(24)25-11-12(2)3/h6,8-10,12H,5,7,11H2,1-4H3,(H,21,23)(H,22,24). The maximum atomic E-state index is 12.5. The van der Waals surface area contributed by atoms with Crippen LogP contribution in [0.2, 0.25) is 0 Å². The van der Waals surface area contributed by atoms with Gasteiger partial charge in [-0.25, -0.2) is 9.78 Å². The number of nitrogens with zero attached hydrogens (tertiary/aromatic N) is 1. The van der Waals surface area contributed by atoms with Gasteiger partial charge < -0.3 is 10.1 Å². The molecular weight excluding hydrogens is 350 g/mol. The Morgan fingerprint density at radius 2 is 1.92 bits per heavy atom. The number of amides is 2. The highest BCUT2D eigenvalue weighted by Gasteiger charge is 2.15.